The van der Waals surface area contributed by atoms with Crippen LogP contribution in [-0.2, 0) is 9.59 Å². The number of hydrogen-bond donors (Lipinski definition) is 1. The Morgan fingerprint density at radius 3 is 2.32 bits per heavy atom. The van der Waals surface area contributed by atoms with E-state index in [0.717, 1.165) is 0 Å². The Kier molecular flexibility index (Phi) is 7.14. The van der Waals surface area contributed by atoms with Gasteiger partial charge in [0.25, 0.3) is 5.69 Å². The zero-order chi connectivity index (χ0) is 22.4. The standard InChI is InChI=1S/C21H24FN5O4/c22-16-5-7-17(8-6-16)26(10-9-20(23)28)21(29)15-24-11-13-25(14-12-24)18-3-1-2-4-19(18)27(30)31/h1-8H,9-15H2,(H2,23,28). The number of para-hydroxylation sites is 2. The summed E-state index contributed by atoms with van der Waals surface area (Å²) in [5, 5.41) is 11.3. The van der Waals surface area contributed by atoms with Gasteiger partial charge in [-0.3, -0.25) is 24.6 Å². The van der Waals surface area contributed by atoms with Gasteiger partial charge in [0.2, 0.25) is 11.8 Å². The fourth-order valence-electron chi connectivity index (χ4n) is 3.55. The van der Waals surface area contributed by atoms with Crippen molar-refractivity contribution in [2.45, 2.75) is 6.42 Å². The molecule has 10 heteroatoms. The van der Waals surface area contributed by atoms with Crippen LogP contribution in [0.3, 0.4) is 0 Å². The number of piperazine rings is 1. The van der Waals surface area contributed by atoms with Crippen LogP contribution in [0.15, 0.2) is 48.5 Å². The average molecular weight is 429 g/mol. The van der Waals surface area contributed by atoms with E-state index < -0.39 is 16.6 Å². The number of carbonyl (C=O) groups is 2. The number of primary amides is 1. The highest BCUT2D eigenvalue weighted by atomic mass is 19.1. The minimum absolute atomic E-state index is 0.00539. The van der Waals surface area contributed by atoms with Crippen LogP contribution < -0.4 is 15.5 Å². The number of nitro benzene ring substituents is 1. The maximum absolute atomic E-state index is 13.3. The second-order valence-electron chi connectivity index (χ2n) is 7.25. The van der Waals surface area contributed by atoms with E-state index in [-0.39, 0.29) is 31.1 Å². The maximum Gasteiger partial charge on any atom is 0.292 e. The molecule has 9 nitrogen and oxygen atoms in total. The Morgan fingerprint density at radius 1 is 1.06 bits per heavy atom. The minimum Gasteiger partial charge on any atom is -0.370 e. The molecule has 2 aromatic rings. The lowest BCUT2D eigenvalue weighted by Crippen LogP contribution is -2.50. The summed E-state index contributed by atoms with van der Waals surface area (Å²) >= 11 is 0. The SMILES string of the molecule is NC(=O)CCN(C(=O)CN1CCN(c2ccccc2[N+](=O)[O-])CC1)c1ccc(F)cc1. The zero-order valence-corrected chi connectivity index (χ0v) is 16.9. The van der Waals surface area contributed by atoms with E-state index in [9.17, 15) is 24.1 Å². The molecule has 2 aromatic carbocycles. The topological polar surface area (TPSA) is 113 Å². The van der Waals surface area contributed by atoms with Crippen molar-refractivity contribution in [3.63, 3.8) is 0 Å². The van der Waals surface area contributed by atoms with Crippen LogP contribution in [0.25, 0.3) is 0 Å². The minimum atomic E-state index is -0.530. The number of halogens is 1. The molecule has 0 saturated carbocycles. The molecule has 0 radical (unpaired) electrons. The van der Waals surface area contributed by atoms with Gasteiger partial charge in [0.1, 0.15) is 11.5 Å². The first kappa shape index (κ1) is 22.2. The first-order valence-corrected chi connectivity index (χ1v) is 9.90. The molecule has 2 amide bonds. The number of nitro groups is 1. The molecule has 31 heavy (non-hydrogen) atoms. The number of anilines is 2. The van der Waals surface area contributed by atoms with Gasteiger partial charge in [-0.25, -0.2) is 4.39 Å². The highest BCUT2D eigenvalue weighted by Gasteiger charge is 2.26. The fourth-order valence-corrected chi connectivity index (χ4v) is 3.55. The summed E-state index contributed by atoms with van der Waals surface area (Å²) < 4.78 is 13.3. The molecule has 164 valence electrons. The number of nitrogens with zero attached hydrogens (tertiary/aromatic N) is 4. The van der Waals surface area contributed by atoms with E-state index in [1.165, 1.54) is 35.2 Å². The van der Waals surface area contributed by atoms with Gasteiger partial charge in [0.05, 0.1) is 11.5 Å². The second-order valence-corrected chi connectivity index (χ2v) is 7.25. The van der Waals surface area contributed by atoms with Crippen LogP contribution in [0.1, 0.15) is 6.42 Å². The van der Waals surface area contributed by atoms with E-state index in [0.29, 0.717) is 37.6 Å². The van der Waals surface area contributed by atoms with Crippen molar-refractivity contribution >= 4 is 28.9 Å². The van der Waals surface area contributed by atoms with Gasteiger partial charge in [-0.05, 0) is 30.3 Å². The summed E-state index contributed by atoms with van der Waals surface area (Å²) in [4.78, 5) is 40.3. The van der Waals surface area contributed by atoms with Gasteiger partial charge in [0, 0.05) is 50.9 Å². The zero-order valence-electron chi connectivity index (χ0n) is 16.9. The fraction of sp³-hybridized carbons (Fsp3) is 0.333. The molecule has 1 aliphatic heterocycles. The number of carbonyl (C=O) groups excluding carboxylic acids is 2. The lowest BCUT2D eigenvalue weighted by molar-refractivity contribution is -0.384. The summed E-state index contributed by atoms with van der Waals surface area (Å²) in [6, 6.07) is 12.1. The molecule has 1 aliphatic rings. The predicted octanol–water partition coefficient (Wildman–Crippen LogP) is 1.76. The van der Waals surface area contributed by atoms with E-state index in [4.69, 9.17) is 5.73 Å². The summed E-state index contributed by atoms with van der Waals surface area (Å²) in [5.74, 6) is -1.18. The van der Waals surface area contributed by atoms with Gasteiger partial charge in [-0.2, -0.15) is 0 Å². The molecule has 2 N–H and O–H groups in total. The second kappa shape index (κ2) is 9.98. The molecule has 1 heterocycles. The Bertz CT molecular complexity index is 945. The maximum atomic E-state index is 13.3. The van der Waals surface area contributed by atoms with Crippen molar-refractivity contribution in [3.8, 4) is 0 Å². The Labute approximate surface area is 179 Å². The predicted molar refractivity (Wildman–Crippen MR) is 114 cm³/mol. The van der Waals surface area contributed by atoms with Crippen LogP contribution >= 0.6 is 0 Å². The highest BCUT2D eigenvalue weighted by molar-refractivity contribution is 5.95. The smallest absolute Gasteiger partial charge is 0.292 e. The molecule has 1 fully saturated rings. The third kappa shape index (κ3) is 5.76. The largest absolute Gasteiger partial charge is 0.370 e. The molecule has 0 bridgehead atoms. The molecule has 0 atom stereocenters. The van der Waals surface area contributed by atoms with Crippen LogP contribution in [-0.4, -0.2) is 60.9 Å². The first-order valence-electron chi connectivity index (χ1n) is 9.90. The molecular weight excluding hydrogens is 405 g/mol. The lowest BCUT2D eigenvalue weighted by Gasteiger charge is -2.36. The van der Waals surface area contributed by atoms with E-state index in [2.05, 4.69) is 0 Å². The van der Waals surface area contributed by atoms with Gasteiger partial charge in [-0.1, -0.05) is 12.1 Å². The van der Waals surface area contributed by atoms with Crippen LogP contribution in [0.5, 0.6) is 0 Å². The van der Waals surface area contributed by atoms with Gasteiger partial charge in [-0.15, -0.1) is 0 Å². The molecule has 3 rings (SSSR count). The Hall–Kier alpha value is -3.53. The van der Waals surface area contributed by atoms with E-state index in [1.54, 1.807) is 18.2 Å². The monoisotopic (exact) mass is 429 g/mol. The van der Waals surface area contributed by atoms with Gasteiger partial charge in [0.15, 0.2) is 0 Å². The van der Waals surface area contributed by atoms with Gasteiger partial charge >= 0.3 is 0 Å². The van der Waals surface area contributed by atoms with Gasteiger partial charge < -0.3 is 15.5 Å². The normalized spacial score (nSPS) is 14.3. The average Bonchev–Trinajstić information content (AvgIpc) is 2.75. The van der Waals surface area contributed by atoms with Crippen LogP contribution in [0, 0.1) is 15.9 Å². The van der Waals surface area contributed by atoms with E-state index in [1.807, 2.05) is 9.80 Å². The van der Waals surface area contributed by atoms with Crippen LogP contribution in [0.2, 0.25) is 0 Å². The highest BCUT2D eigenvalue weighted by Crippen LogP contribution is 2.28. The molecule has 0 aromatic heterocycles. The third-order valence-electron chi connectivity index (χ3n) is 5.17. The summed E-state index contributed by atoms with van der Waals surface area (Å²) in [6.07, 6.45) is -0.00539. The molecule has 0 aliphatic carbocycles. The van der Waals surface area contributed by atoms with Crippen molar-refractivity contribution < 1.29 is 18.9 Å². The number of amides is 2. The Morgan fingerprint density at radius 2 is 1.71 bits per heavy atom. The molecular formula is C21H24FN5O4. The summed E-state index contributed by atoms with van der Waals surface area (Å²) in [5.41, 5.74) is 6.34. The number of rotatable bonds is 8. The number of hydrogen-bond acceptors (Lipinski definition) is 6. The summed E-state index contributed by atoms with van der Waals surface area (Å²) in [7, 11) is 0. The quantitative estimate of drug-likeness (QED) is 0.505. The van der Waals surface area contributed by atoms with Crippen molar-refractivity contribution in [1.82, 2.24) is 4.90 Å². The van der Waals surface area contributed by atoms with E-state index >= 15 is 0 Å². The molecule has 0 unspecified atom stereocenters. The molecule has 1 saturated heterocycles. The van der Waals surface area contributed by atoms with Crippen molar-refractivity contribution in [3.05, 3.63) is 64.5 Å². The van der Waals surface area contributed by atoms with Crippen LogP contribution in [0.4, 0.5) is 21.5 Å². The third-order valence-corrected chi connectivity index (χ3v) is 5.17. The first-order chi connectivity index (χ1) is 14.8. The van der Waals surface area contributed by atoms with Crippen molar-refractivity contribution in [2.75, 3.05) is 49.1 Å². The Balaban J connectivity index is 1.64. The number of nitrogens with two attached hydrogens (primary N) is 1. The van der Waals surface area contributed by atoms with Crippen molar-refractivity contribution in [2.24, 2.45) is 5.73 Å². The van der Waals surface area contributed by atoms with Crippen molar-refractivity contribution in [1.29, 1.82) is 0 Å². The summed E-state index contributed by atoms with van der Waals surface area (Å²) in [6.45, 7) is 2.39. The molecule has 0 spiro atoms. The lowest BCUT2D eigenvalue weighted by atomic mass is 10.2. The number of benzene rings is 2.